The third-order valence-corrected chi connectivity index (χ3v) is 2.05. The summed E-state index contributed by atoms with van der Waals surface area (Å²) in [7, 11) is 0. The second-order valence-electron chi connectivity index (χ2n) is 2.84. The van der Waals surface area contributed by atoms with Crippen LogP contribution >= 0.6 is 0 Å². The van der Waals surface area contributed by atoms with E-state index in [4.69, 9.17) is 5.73 Å². The molecule has 1 heterocycles. The zero-order valence-electron chi connectivity index (χ0n) is 7.00. The Bertz CT molecular complexity index is 440. The van der Waals surface area contributed by atoms with Gasteiger partial charge in [-0.3, -0.25) is 4.98 Å². The quantitative estimate of drug-likeness (QED) is 0.720. The van der Waals surface area contributed by atoms with E-state index in [1.54, 1.807) is 12.3 Å². The molecule has 2 aromatic rings. The van der Waals surface area contributed by atoms with Crippen molar-refractivity contribution in [1.82, 2.24) is 4.98 Å². The number of nitrogens with two attached hydrogens (primary N) is 1. The van der Waals surface area contributed by atoms with Crippen LogP contribution in [0.25, 0.3) is 10.8 Å². The Hall–Kier alpha value is -1.48. The first-order chi connectivity index (χ1) is 6.33. The van der Waals surface area contributed by atoms with Crippen LogP contribution in [0.2, 0.25) is 0 Å². The van der Waals surface area contributed by atoms with Gasteiger partial charge in [-0.25, -0.2) is 4.39 Å². The van der Waals surface area contributed by atoms with Gasteiger partial charge in [0.05, 0.1) is 0 Å². The number of fused-ring (bicyclic) bond motifs is 1. The maximum Gasteiger partial charge on any atom is 0.132 e. The molecule has 3 heteroatoms. The Kier molecular flexibility index (Phi) is 1.94. The summed E-state index contributed by atoms with van der Waals surface area (Å²) in [6, 6.07) is 4.95. The van der Waals surface area contributed by atoms with E-state index in [0.717, 1.165) is 10.9 Å². The van der Waals surface area contributed by atoms with Gasteiger partial charge < -0.3 is 5.73 Å². The topological polar surface area (TPSA) is 38.9 Å². The molecule has 0 aliphatic heterocycles. The molecular formula is C10H9FN2. The van der Waals surface area contributed by atoms with Crippen molar-refractivity contribution >= 4 is 10.8 Å². The van der Waals surface area contributed by atoms with E-state index in [1.807, 2.05) is 6.07 Å². The van der Waals surface area contributed by atoms with Crippen LogP contribution in [0.1, 0.15) is 5.56 Å². The maximum absolute atomic E-state index is 13.2. The largest absolute Gasteiger partial charge is 0.326 e. The summed E-state index contributed by atoms with van der Waals surface area (Å²) in [4.78, 5) is 3.92. The van der Waals surface area contributed by atoms with E-state index < -0.39 is 0 Å². The number of aromatic nitrogens is 1. The van der Waals surface area contributed by atoms with Crippen LogP contribution < -0.4 is 5.73 Å². The predicted octanol–water partition coefficient (Wildman–Crippen LogP) is 1.83. The molecule has 0 saturated carbocycles. The second kappa shape index (κ2) is 3.11. The lowest BCUT2D eigenvalue weighted by Gasteiger charge is -2.02. The molecule has 13 heavy (non-hydrogen) atoms. The first kappa shape index (κ1) is 8.13. The van der Waals surface area contributed by atoms with E-state index in [2.05, 4.69) is 4.98 Å². The van der Waals surface area contributed by atoms with Crippen LogP contribution in [0.15, 0.2) is 30.6 Å². The van der Waals surface area contributed by atoms with Crippen molar-refractivity contribution in [3.05, 3.63) is 42.0 Å². The number of halogens is 1. The first-order valence-corrected chi connectivity index (χ1v) is 4.04. The molecular weight excluding hydrogens is 167 g/mol. The third-order valence-electron chi connectivity index (χ3n) is 2.05. The molecule has 0 saturated heterocycles. The minimum absolute atomic E-state index is 0.250. The van der Waals surface area contributed by atoms with Gasteiger partial charge in [-0.15, -0.1) is 0 Å². The number of hydrogen-bond donors (Lipinski definition) is 1. The lowest BCUT2D eigenvalue weighted by molar-refractivity contribution is 0.639. The molecule has 2 N–H and O–H groups in total. The molecule has 1 aromatic carbocycles. The van der Waals surface area contributed by atoms with Crippen molar-refractivity contribution in [1.29, 1.82) is 0 Å². The van der Waals surface area contributed by atoms with Crippen molar-refractivity contribution in [2.45, 2.75) is 6.54 Å². The fraction of sp³-hybridized carbons (Fsp3) is 0.100. The molecule has 0 aliphatic rings. The van der Waals surface area contributed by atoms with Crippen molar-refractivity contribution in [3.8, 4) is 0 Å². The van der Waals surface area contributed by atoms with Gasteiger partial charge in [0.1, 0.15) is 5.82 Å². The Labute approximate surface area is 75.2 Å². The van der Waals surface area contributed by atoms with Crippen LogP contribution in [0.4, 0.5) is 4.39 Å². The van der Waals surface area contributed by atoms with Crippen LogP contribution in [0.5, 0.6) is 0 Å². The molecule has 0 bridgehead atoms. The van der Waals surface area contributed by atoms with Crippen LogP contribution in [-0.4, -0.2) is 4.98 Å². The molecule has 0 atom stereocenters. The maximum atomic E-state index is 13.2. The Morgan fingerprint density at radius 2 is 2.08 bits per heavy atom. The van der Waals surface area contributed by atoms with Crippen LogP contribution in [0, 0.1) is 5.82 Å². The normalized spacial score (nSPS) is 10.6. The van der Waals surface area contributed by atoms with Crippen molar-refractivity contribution in [2.75, 3.05) is 0 Å². The zero-order chi connectivity index (χ0) is 9.26. The average molecular weight is 176 g/mol. The van der Waals surface area contributed by atoms with Crippen molar-refractivity contribution < 1.29 is 4.39 Å². The summed E-state index contributed by atoms with van der Waals surface area (Å²) in [5.74, 6) is -0.250. The average Bonchev–Trinajstić information content (AvgIpc) is 2.18. The van der Waals surface area contributed by atoms with Crippen molar-refractivity contribution in [3.63, 3.8) is 0 Å². The highest BCUT2D eigenvalue weighted by atomic mass is 19.1. The highest BCUT2D eigenvalue weighted by Crippen LogP contribution is 2.19. The van der Waals surface area contributed by atoms with E-state index in [1.165, 1.54) is 12.3 Å². The monoisotopic (exact) mass is 176 g/mol. The molecule has 0 unspecified atom stereocenters. The minimum Gasteiger partial charge on any atom is -0.326 e. The van der Waals surface area contributed by atoms with E-state index in [0.29, 0.717) is 11.9 Å². The standard InChI is InChI=1S/C10H9FN2/c11-10-3-1-2-8-7(4-12)5-13-6-9(8)10/h1-3,5-6H,4,12H2. The van der Waals surface area contributed by atoms with Gasteiger partial charge in [-0.05, 0) is 17.0 Å². The molecule has 0 amide bonds. The summed E-state index contributed by atoms with van der Waals surface area (Å²) in [5.41, 5.74) is 6.38. The Balaban J connectivity index is 2.84. The number of hydrogen-bond acceptors (Lipinski definition) is 2. The fourth-order valence-electron chi connectivity index (χ4n) is 1.38. The number of pyridine rings is 1. The highest BCUT2D eigenvalue weighted by Gasteiger charge is 2.02. The van der Waals surface area contributed by atoms with E-state index >= 15 is 0 Å². The molecule has 1 aromatic heterocycles. The van der Waals surface area contributed by atoms with Gasteiger partial charge in [0.15, 0.2) is 0 Å². The van der Waals surface area contributed by atoms with Gasteiger partial charge >= 0.3 is 0 Å². The van der Waals surface area contributed by atoms with Gasteiger partial charge in [0.25, 0.3) is 0 Å². The molecule has 2 rings (SSSR count). The number of nitrogens with zero attached hydrogens (tertiary/aromatic N) is 1. The summed E-state index contributed by atoms with van der Waals surface area (Å²) >= 11 is 0. The van der Waals surface area contributed by atoms with Crippen LogP contribution in [0.3, 0.4) is 0 Å². The van der Waals surface area contributed by atoms with Gasteiger partial charge in [-0.2, -0.15) is 0 Å². The molecule has 2 nitrogen and oxygen atoms in total. The smallest absolute Gasteiger partial charge is 0.132 e. The predicted molar refractivity (Wildman–Crippen MR) is 49.6 cm³/mol. The highest BCUT2D eigenvalue weighted by molar-refractivity contribution is 5.85. The minimum atomic E-state index is -0.250. The van der Waals surface area contributed by atoms with Gasteiger partial charge in [-0.1, -0.05) is 12.1 Å². The lowest BCUT2D eigenvalue weighted by Crippen LogP contribution is -1.98. The lowest BCUT2D eigenvalue weighted by atomic mass is 10.1. The third kappa shape index (κ3) is 1.27. The number of rotatable bonds is 1. The summed E-state index contributed by atoms with van der Waals surface area (Å²) in [6.07, 6.45) is 3.19. The molecule has 0 fully saturated rings. The zero-order valence-corrected chi connectivity index (χ0v) is 7.00. The first-order valence-electron chi connectivity index (χ1n) is 4.04. The Morgan fingerprint density at radius 1 is 1.23 bits per heavy atom. The van der Waals surface area contributed by atoms with E-state index in [9.17, 15) is 4.39 Å². The summed E-state index contributed by atoms with van der Waals surface area (Å²) in [6.45, 7) is 0.383. The fourth-order valence-corrected chi connectivity index (χ4v) is 1.38. The molecule has 0 aliphatic carbocycles. The van der Waals surface area contributed by atoms with Gasteiger partial charge in [0.2, 0.25) is 0 Å². The Morgan fingerprint density at radius 3 is 2.85 bits per heavy atom. The summed E-state index contributed by atoms with van der Waals surface area (Å²) < 4.78 is 13.2. The number of benzene rings is 1. The molecule has 0 radical (unpaired) electrons. The summed E-state index contributed by atoms with van der Waals surface area (Å²) in [5, 5.41) is 1.38. The molecule has 66 valence electrons. The van der Waals surface area contributed by atoms with Crippen LogP contribution in [-0.2, 0) is 6.54 Å². The van der Waals surface area contributed by atoms with Gasteiger partial charge in [0, 0.05) is 24.3 Å². The van der Waals surface area contributed by atoms with E-state index in [-0.39, 0.29) is 5.82 Å². The van der Waals surface area contributed by atoms with Crippen molar-refractivity contribution in [2.24, 2.45) is 5.73 Å². The SMILES string of the molecule is NCc1cncc2c(F)cccc12. The molecule has 0 spiro atoms. The second-order valence-corrected chi connectivity index (χ2v) is 2.84.